The summed E-state index contributed by atoms with van der Waals surface area (Å²) in [6.07, 6.45) is 4.72. The first kappa shape index (κ1) is 12.6. The summed E-state index contributed by atoms with van der Waals surface area (Å²) in [5.41, 5.74) is 8.04. The lowest BCUT2D eigenvalue weighted by Crippen LogP contribution is -2.50. The number of nitrogens with two attached hydrogens (primary N) is 1. The molecule has 2 nitrogen and oxygen atoms in total. The van der Waals surface area contributed by atoms with Gasteiger partial charge in [-0.25, -0.2) is 0 Å². The second-order valence-electron chi connectivity index (χ2n) is 4.97. The normalized spacial score (nSPS) is 19.6. The molecular weight excluding hydrogens is 210 g/mol. The number of rotatable bonds is 6. The van der Waals surface area contributed by atoms with Crippen LogP contribution in [0.15, 0.2) is 30.3 Å². The Hall–Kier alpha value is -0.860. The lowest BCUT2D eigenvalue weighted by atomic mass is 9.60. The maximum absolute atomic E-state index is 6.41. The first-order valence-corrected chi connectivity index (χ1v) is 6.68. The van der Waals surface area contributed by atoms with Crippen molar-refractivity contribution in [2.75, 3.05) is 13.2 Å². The molecule has 17 heavy (non-hydrogen) atoms. The zero-order valence-electron chi connectivity index (χ0n) is 10.7. The fourth-order valence-corrected chi connectivity index (χ4v) is 2.83. The Labute approximate surface area is 104 Å². The molecule has 1 aliphatic carbocycles. The van der Waals surface area contributed by atoms with Gasteiger partial charge in [-0.2, -0.15) is 0 Å². The van der Waals surface area contributed by atoms with Crippen molar-refractivity contribution < 1.29 is 4.74 Å². The molecule has 0 radical (unpaired) electrons. The maximum atomic E-state index is 6.41. The fourth-order valence-electron chi connectivity index (χ4n) is 2.83. The molecule has 1 unspecified atom stereocenters. The van der Waals surface area contributed by atoms with E-state index in [0.29, 0.717) is 0 Å². The minimum atomic E-state index is 0.221. The quantitative estimate of drug-likeness (QED) is 0.767. The SMILES string of the molecule is CCOCCC(N)C1(c2ccccc2)CCC1. The molecule has 0 spiro atoms. The first-order valence-electron chi connectivity index (χ1n) is 6.68. The van der Waals surface area contributed by atoms with Gasteiger partial charge in [-0.1, -0.05) is 36.8 Å². The van der Waals surface area contributed by atoms with E-state index >= 15 is 0 Å². The molecule has 2 rings (SSSR count). The van der Waals surface area contributed by atoms with E-state index in [1.807, 2.05) is 6.92 Å². The summed E-state index contributed by atoms with van der Waals surface area (Å²) in [5, 5.41) is 0. The number of ether oxygens (including phenoxy) is 1. The van der Waals surface area contributed by atoms with Crippen molar-refractivity contribution in [3.63, 3.8) is 0 Å². The molecule has 0 bridgehead atoms. The predicted octanol–water partition coefficient (Wildman–Crippen LogP) is 2.86. The Morgan fingerprint density at radius 1 is 1.29 bits per heavy atom. The molecule has 2 N–H and O–H groups in total. The lowest BCUT2D eigenvalue weighted by Gasteiger charge is -2.47. The van der Waals surface area contributed by atoms with E-state index in [9.17, 15) is 0 Å². The van der Waals surface area contributed by atoms with Crippen LogP contribution in [0.3, 0.4) is 0 Å². The van der Waals surface area contributed by atoms with E-state index in [2.05, 4.69) is 30.3 Å². The summed E-state index contributed by atoms with van der Waals surface area (Å²) >= 11 is 0. The van der Waals surface area contributed by atoms with Crippen molar-refractivity contribution in [3.8, 4) is 0 Å². The predicted molar refractivity (Wildman–Crippen MR) is 71.1 cm³/mol. The Bertz CT molecular complexity index is 332. The van der Waals surface area contributed by atoms with Gasteiger partial charge in [-0.3, -0.25) is 0 Å². The summed E-state index contributed by atoms with van der Waals surface area (Å²) in [6, 6.07) is 11.0. The van der Waals surface area contributed by atoms with Gasteiger partial charge in [0.1, 0.15) is 0 Å². The van der Waals surface area contributed by atoms with Gasteiger partial charge in [0.15, 0.2) is 0 Å². The van der Waals surface area contributed by atoms with Crippen LogP contribution in [0.5, 0.6) is 0 Å². The van der Waals surface area contributed by atoms with Crippen molar-refractivity contribution in [2.45, 2.75) is 44.1 Å². The van der Waals surface area contributed by atoms with Crippen molar-refractivity contribution >= 4 is 0 Å². The van der Waals surface area contributed by atoms with Crippen molar-refractivity contribution in [3.05, 3.63) is 35.9 Å². The van der Waals surface area contributed by atoms with Crippen LogP contribution in [0.2, 0.25) is 0 Å². The summed E-state index contributed by atoms with van der Waals surface area (Å²) in [7, 11) is 0. The molecule has 0 aromatic heterocycles. The topological polar surface area (TPSA) is 35.2 Å². The van der Waals surface area contributed by atoms with Crippen LogP contribution < -0.4 is 5.73 Å². The van der Waals surface area contributed by atoms with Gasteiger partial charge in [0, 0.05) is 24.7 Å². The standard InChI is InChI=1S/C15H23NO/c1-2-17-12-9-14(16)15(10-6-11-15)13-7-4-3-5-8-13/h3-5,7-8,14H,2,6,9-12,16H2,1H3. The van der Waals surface area contributed by atoms with E-state index in [1.165, 1.54) is 24.8 Å². The summed E-state index contributed by atoms with van der Waals surface area (Å²) in [5.74, 6) is 0. The third-order valence-electron chi connectivity index (χ3n) is 4.08. The number of hydrogen-bond donors (Lipinski definition) is 1. The molecule has 2 heteroatoms. The lowest BCUT2D eigenvalue weighted by molar-refractivity contribution is 0.112. The molecule has 1 atom stereocenters. The highest BCUT2D eigenvalue weighted by atomic mass is 16.5. The Morgan fingerprint density at radius 3 is 2.53 bits per heavy atom. The summed E-state index contributed by atoms with van der Waals surface area (Å²) in [4.78, 5) is 0. The number of benzene rings is 1. The summed E-state index contributed by atoms with van der Waals surface area (Å²) < 4.78 is 5.42. The third-order valence-corrected chi connectivity index (χ3v) is 4.08. The van der Waals surface area contributed by atoms with Crippen molar-refractivity contribution in [1.29, 1.82) is 0 Å². The van der Waals surface area contributed by atoms with Gasteiger partial charge in [-0.05, 0) is 31.7 Å². The fraction of sp³-hybridized carbons (Fsp3) is 0.600. The van der Waals surface area contributed by atoms with Gasteiger partial charge >= 0.3 is 0 Å². The van der Waals surface area contributed by atoms with Gasteiger partial charge < -0.3 is 10.5 Å². The third kappa shape index (κ3) is 2.53. The van der Waals surface area contributed by atoms with Crippen LogP contribution in [0.4, 0.5) is 0 Å². The molecular formula is C15H23NO. The highest BCUT2D eigenvalue weighted by Crippen LogP contribution is 2.46. The maximum Gasteiger partial charge on any atom is 0.0480 e. The first-order chi connectivity index (χ1) is 8.29. The van der Waals surface area contributed by atoms with E-state index in [0.717, 1.165) is 19.6 Å². The molecule has 0 heterocycles. The Kier molecular flexibility index (Phi) is 4.19. The van der Waals surface area contributed by atoms with E-state index in [-0.39, 0.29) is 11.5 Å². The molecule has 0 saturated heterocycles. The summed E-state index contributed by atoms with van der Waals surface area (Å²) in [6.45, 7) is 3.60. The van der Waals surface area contributed by atoms with Crippen LogP contribution >= 0.6 is 0 Å². The molecule has 1 fully saturated rings. The van der Waals surface area contributed by atoms with E-state index in [4.69, 9.17) is 10.5 Å². The van der Waals surface area contributed by atoms with Crippen LogP contribution in [0, 0.1) is 0 Å². The molecule has 0 aliphatic heterocycles. The van der Waals surface area contributed by atoms with Gasteiger partial charge in [0.25, 0.3) is 0 Å². The zero-order valence-corrected chi connectivity index (χ0v) is 10.7. The number of hydrogen-bond acceptors (Lipinski definition) is 2. The smallest absolute Gasteiger partial charge is 0.0480 e. The van der Waals surface area contributed by atoms with Crippen LogP contribution in [-0.2, 0) is 10.2 Å². The minimum Gasteiger partial charge on any atom is -0.382 e. The zero-order chi connectivity index (χ0) is 12.1. The monoisotopic (exact) mass is 233 g/mol. The van der Waals surface area contributed by atoms with Crippen LogP contribution in [-0.4, -0.2) is 19.3 Å². The average Bonchev–Trinajstić information content (AvgIpc) is 2.29. The van der Waals surface area contributed by atoms with Crippen molar-refractivity contribution in [1.82, 2.24) is 0 Å². The minimum absolute atomic E-state index is 0.221. The van der Waals surface area contributed by atoms with Gasteiger partial charge in [0.05, 0.1) is 0 Å². The Balaban J connectivity index is 2.04. The molecule has 0 amide bonds. The van der Waals surface area contributed by atoms with E-state index < -0.39 is 0 Å². The molecule has 1 aromatic rings. The second-order valence-corrected chi connectivity index (χ2v) is 4.97. The molecule has 1 aromatic carbocycles. The Morgan fingerprint density at radius 2 is 2.00 bits per heavy atom. The highest BCUT2D eigenvalue weighted by molar-refractivity contribution is 5.30. The van der Waals surface area contributed by atoms with E-state index in [1.54, 1.807) is 0 Å². The highest BCUT2D eigenvalue weighted by Gasteiger charge is 2.43. The van der Waals surface area contributed by atoms with Crippen LogP contribution in [0.25, 0.3) is 0 Å². The van der Waals surface area contributed by atoms with Gasteiger partial charge in [-0.15, -0.1) is 0 Å². The second kappa shape index (κ2) is 5.65. The largest absolute Gasteiger partial charge is 0.382 e. The molecule has 94 valence electrons. The molecule has 1 saturated carbocycles. The molecule has 1 aliphatic rings. The average molecular weight is 233 g/mol. The van der Waals surface area contributed by atoms with Crippen molar-refractivity contribution in [2.24, 2.45) is 5.73 Å². The van der Waals surface area contributed by atoms with Crippen LogP contribution in [0.1, 0.15) is 38.2 Å². The van der Waals surface area contributed by atoms with Gasteiger partial charge in [0.2, 0.25) is 0 Å².